The number of hydrogen-bond acceptors (Lipinski definition) is 9. The molecule has 42 heavy (non-hydrogen) atoms. The van der Waals surface area contributed by atoms with Crippen LogP contribution in [0.3, 0.4) is 0 Å². The van der Waals surface area contributed by atoms with Gasteiger partial charge in [0.05, 0.1) is 46.4 Å². The molecule has 6 rings (SSSR count). The molecule has 1 amide bonds. The fraction of sp³-hybridized carbons (Fsp3) is 0.548. The molecular formula is C31H40N6O4S. The second kappa shape index (κ2) is 11.7. The highest BCUT2D eigenvalue weighted by Gasteiger charge is 2.37. The van der Waals surface area contributed by atoms with Crippen molar-refractivity contribution in [3.8, 4) is 0 Å². The highest BCUT2D eigenvalue weighted by Crippen LogP contribution is 2.36. The van der Waals surface area contributed by atoms with Gasteiger partial charge in [0.15, 0.2) is 5.60 Å². The largest absolute Gasteiger partial charge is 0.450 e. The van der Waals surface area contributed by atoms with Crippen LogP contribution >= 0.6 is 11.3 Å². The molecule has 0 unspecified atom stereocenters. The van der Waals surface area contributed by atoms with Gasteiger partial charge in [-0.2, -0.15) is 0 Å². The minimum absolute atomic E-state index is 0.125. The molecule has 0 spiro atoms. The number of thiazole rings is 1. The number of esters is 1. The van der Waals surface area contributed by atoms with Gasteiger partial charge in [-0.1, -0.05) is 19.1 Å². The highest BCUT2D eigenvalue weighted by molar-refractivity contribution is 7.11. The lowest BCUT2D eigenvalue weighted by atomic mass is 9.92. The van der Waals surface area contributed by atoms with Crippen molar-refractivity contribution in [3.05, 3.63) is 51.9 Å². The lowest BCUT2D eigenvalue weighted by Crippen LogP contribution is -2.50. The molecule has 0 bridgehead atoms. The Morgan fingerprint density at radius 3 is 2.55 bits per heavy atom. The summed E-state index contributed by atoms with van der Waals surface area (Å²) in [6.45, 7) is 12.0. The van der Waals surface area contributed by atoms with Crippen molar-refractivity contribution in [2.45, 2.75) is 65.5 Å². The van der Waals surface area contributed by atoms with Crippen LogP contribution in [0.2, 0.25) is 0 Å². The summed E-state index contributed by atoms with van der Waals surface area (Å²) >= 11 is 1.81. The van der Waals surface area contributed by atoms with Crippen LogP contribution in [0.5, 0.6) is 0 Å². The monoisotopic (exact) mass is 592 g/mol. The smallest absolute Gasteiger partial charge is 0.303 e. The maximum absolute atomic E-state index is 13.0. The Morgan fingerprint density at radius 1 is 1.10 bits per heavy atom. The van der Waals surface area contributed by atoms with Crippen LogP contribution in [0.15, 0.2) is 30.5 Å². The lowest BCUT2D eigenvalue weighted by Gasteiger charge is -2.36. The van der Waals surface area contributed by atoms with E-state index in [2.05, 4.69) is 45.9 Å². The number of carbonyl (C=O) groups excluding carboxylic acids is 2. The predicted molar refractivity (Wildman–Crippen MR) is 162 cm³/mol. The Hall–Kier alpha value is -3.44. The van der Waals surface area contributed by atoms with E-state index in [1.54, 1.807) is 13.8 Å². The van der Waals surface area contributed by atoms with E-state index in [1.807, 2.05) is 22.3 Å². The third-order valence-corrected chi connectivity index (χ3v) is 9.43. The number of fused-ring (bicyclic) bond motifs is 2. The van der Waals surface area contributed by atoms with E-state index in [4.69, 9.17) is 19.4 Å². The van der Waals surface area contributed by atoms with Crippen LogP contribution in [-0.4, -0.2) is 81.3 Å². The first-order valence-corrected chi connectivity index (χ1v) is 15.8. The number of benzene rings is 1. The molecule has 2 saturated heterocycles. The van der Waals surface area contributed by atoms with E-state index < -0.39 is 11.6 Å². The third-order valence-electron chi connectivity index (χ3n) is 8.37. The first-order chi connectivity index (χ1) is 20.2. The molecule has 0 atom stereocenters. The molecule has 3 aliphatic heterocycles. The number of para-hydroxylation sites is 2. The van der Waals surface area contributed by atoms with Crippen LogP contribution in [0.1, 0.15) is 61.9 Å². The number of likely N-dealkylation sites (tertiary alicyclic amines) is 1. The number of rotatable bonds is 7. The van der Waals surface area contributed by atoms with Gasteiger partial charge in [-0.05, 0) is 44.7 Å². The average Bonchev–Trinajstić information content (AvgIpc) is 3.57. The summed E-state index contributed by atoms with van der Waals surface area (Å²) in [5.41, 5.74) is 3.21. The zero-order chi connectivity index (χ0) is 29.4. The summed E-state index contributed by atoms with van der Waals surface area (Å²) in [4.78, 5) is 40.1. The Balaban J connectivity index is 1.22. The molecule has 0 N–H and O–H groups in total. The Labute approximate surface area is 250 Å². The quantitative estimate of drug-likeness (QED) is 0.381. The fourth-order valence-electron chi connectivity index (χ4n) is 6.30. The lowest BCUT2D eigenvalue weighted by molar-refractivity contribution is -0.169. The number of nitrogens with zero attached hydrogens (tertiary/aromatic N) is 6. The van der Waals surface area contributed by atoms with E-state index in [1.165, 1.54) is 11.8 Å². The molecule has 0 radical (unpaired) electrons. The molecule has 0 saturated carbocycles. The van der Waals surface area contributed by atoms with Crippen molar-refractivity contribution in [2.75, 3.05) is 44.4 Å². The summed E-state index contributed by atoms with van der Waals surface area (Å²) < 4.78 is 13.2. The van der Waals surface area contributed by atoms with Crippen molar-refractivity contribution in [3.63, 3.8) is 0 Å². The minimum atomic E-state index is -1.14. The number of ether oxygens (including phenoxy) is 2. The molecule has 11 heteroatoms. The van der Waals surface area contributed by atoms with Crippen LogP contribution in [0, 0.1) is 5.92 Å². The summed E-state index contributed by atoms with van der Waals surface area (Å²) in [7, 11) is 0. The zero-order valence-electron chi connectivity index (χ0n) is 25.0. The first-order valence-electron chi connectivity index (χ1n) is 15.0. The Bertz CT molecular complexity index is 1500. The first kappa shape index (κ1) is 28.7. The van der Waals surface area contributed by atoms with Gasteiger partial charge in [0, 0.05) is 52.1 Å². The van der Waals surface area contributed by atoms with E-state index in [0.717, 1.165) is 78.6 Å². The molecule has 224 valence electrons. The minimum Gasteiger partial charge on any atom is -0.450 e. The SMILES string of the molecule is CCc1nc2ccccc2n1N1C=C(N2CCOCC2)c2nc(CC3CCN(C(=O)C(C)(C)OC(C)=O)CC3)sc2C1. The van der Waals surface area contributed by atoms with Gasteiger partial charge in [0.2, 0.25) is 0 Å². The van der Waals surface area contributed by atoms with Crippen molar-refractivity contribution >= 4 is 39.9 Å². The molecule has 5 heterocycles. The molecule has 2 fully saturated rings. The van der Waals surface area contributed by atoms with Gasteiger partial charge in [0.25, 0.3) is 5.91 Å². The van der Waals surface area contributed by atoms with Crippen LogP contribution < -0.4 is 5.01 Å². The normalized spacial score (nSPS) is 18.3. The number of hydrogen-bond donors (Lipinski definition) is 0. The summed E-state index contributed by atoms with van der Waals surface area (Å²) in [6.07, 6.45) is 5.81. The Morgan fingerprint density at radius 2 is 1.83 bits per heavy atom. The molecule has 1 aromatic carbocycles. The van der Waals surface area contributed by atoms with Gasteiger partial charge < -0.3 is 19.3 Å². The van der Waals surface area contributed by atoms with E-state index in [0.29, 0.717) is 32.2 Å². The molecule has 3 aliphatic rings. The second-order valence-corrected chi connectivity index (χ2v) is 13.0. The third kappa shape index (κ3) is 5.64. The van der Waals surface area contributed by atoms with Crippen molar-refractivity contribution in [1.29, 1.82) is 0 Å². The van der Waals surface area contributed by atoms with E-state index in [9.17, 15) is 9.59 Å². The standard InChI is InChI=1S/C31H40N6O4S/c1-5-27-32-23-8-6-7-9-24(23)37(27)36-19-25(34-14-16-40-17-15-34)29-26(20-36)42-28(33-29)18-22-10-12-35(13-11-22)30(39)31(3,4)41-21(2)38/h6-9,19,22H,5,10-18,20H2,1-4H3. The topological polar surface area (TPSA) is 93.0 Å². The summed E-state index contributed by atoms with van der Waals surface area (Å²) in [5.74, 6) is 0.932. The molecule has 2 aromatic heterocycles. The number of aryl methyl sites for hydroxylation is 1. The van der Waals surface area contributed by atoms with Gasteiger partial charge in [-0.25, -0.2) is 14.6 Å². The summed E-state index contributed by atoms with van der Waals surface area (Å²) in [6, 6.07) is 8.33. The van der Waals surface area contributed by atoms with Gasteiger partial charge in [-0.3, -0.25) is 14.6 Å². The van der Waals surface area contributed by atoms with Crippen LogP contribution in [-0.2, 0) is 38.4 Å². The maximum atomic E-state index is 13.0. The molecule has 10 nitrogen and oxygen atoms in total. The van der Waals surface area contributed by atoms with Gasteiger partial charge in [-0.15, -0.1) is 11.3 Å². The number of carbonyl (C=O) groups is 2. The number of piperidine rings is 1. The zero-order valence-corrected chi connectivity index (χ0v) is 25.8. The maximum Gasteiger partial charge on any atom is 0.303 e. The van der Waals surface area contributed by atoms with Gasteiger partial charge >= 0.3 is 5.97 Å². The fourth-order valence-corrected chi connectivity index (χ4v) is 7.49. The average molecular weight is 593 g/mol. The Kier molecular flexibility index (Phi) is 7.97. The van der Waals surface area contributed by atoms with E-state index >= 15 is 0 Å². The predicted octanol–water partition coefficient (Wildman–Crippen LogP) is 3.96. The highest BCUT2D eigenvalue weighted by atomic mass is 32.1. The van der Waals surface area contributed by atoms with Crippen LogP contribution in [0.25, 0.3) is 16.7 Å². The summed E-state index contributed by atoms with van der Waals surface area (Å²) in [5, 5.41) is 3.45. The number of morpholine rings is 1. The number of aromatic nitrogens is 3. The molecular weight excluding hydrogens is 552 g/mol. The molecule has 3 aromatic rings. The number of imidazole rings is 1. The second-order valence-electron chi connectivity index (χ2n) is 11.8. The van der Waals surface area contributed by atoms with Crippen molar-refractivity contribution in [1.82, 2.24) is 24.4 Å². The number of amides is 1. The van der Waals surface area contributed by atoms with Crippen molar-refractivity contribution in [2.24, 2.45) is 5.92 Å². The molecule has 0 aliphatic carbocycles. The van der Waals surface area contributed by atoms with Crippen LogP contribution in [0.4, 0.5) is 0 Å². The van der Waals surface area contributed by atoms with Gasteiger partial charge in [0.1, 0.15) is 11.5 Å². The van der Waals surface area contributed by atoms with E-state index in [-0.39, 0.29) is 5.91 Å². The van der Waals surface area contributed by atoms with Crippen molar-refractivity contribution < 1.29 is 19.1 Å².